The van der Waals surface area contributed by atoms with E-state index in [0.29, 0.717) is 0 Å². The van der Waals surface area contributed by atoms with E-state index in [1.165, 1.54) is 11.1 Å². The maximum absolute atomic E-state index is 13.0. The molecule has 5 heteroatoms. The van der Waals surface area contributed by atoms with Crippen molar-refractivity contribution in [2.24, 2.45) is 0 Å². The molecule has 126 valence electrons. The van der Waals surface area contributed by atoms with Crippen molar-refractivity contribution in [1.29, 1.82) is 0 Å². The number of carbonyl (C=O) groups is 1. The third-order valence-electron chi connectivity index (χ3n) is 4.83. The summed E-state index contributed by atoms with van der Waals surface area (Å²) in [5, 5.41) is 4.05. The zero-order chi connectivity index (χ0) is 15.8. The van der Waals surface area contributed by atoms with Gasteiger partial charge in [0, 0.05) is 30.2 Å². The molecule has 1 amide bonds. The van der Waals surface area contributed by atoms with Gasteiger partial charge in [0.1, 0.15) is 0 Å². The Bertz CT molecular complexity index is 763. The molecule has 0 aromatic heterocycles. The second-order valence-corrected chi connectivity index (χ2v) is 6.74. The lowest BCUT2D eigenvalue weighted by atomic mass is 10.0. The summed E-state index contributed by atoms with van der Waals surface area (Å²) in [6, 6.07) is 14.1. The Morgan fingerprint density at radius 2 is 1.96 bits per heavy atom. The van der Waals surface area contributed by atoms with Crippen LogP contribution in [0.3, 0.4) is 0 Å². The van der Waals surface area contributed by atoms with Gasteiger partial charge < -0.3 is 10.2 Å². The minimum atomic E-state index is 0. The predicted octanol–water partition coefficient (Wildman–Crippen LogP) is 4.34. The van der Waals surface area contributed by atoms with Crippen molar-refractivity contribution in [3.05, 3.63) is 69.7 Å². The van der Waals surface area contributed by atoms with Crippen LogP contribution in [-0.4, -0.2) is 17.4 Å². The molecule has 1 fully saturated rings. The van der Waals surface area contributed by atoms with Gasteiger partial charge in [0.15, 0.2) is 0 Å². The topological polar surface area (TPSA) is 32.3 Å². The molecule has 2 heterocycles. The van der Waals surface area contributed by atoms with Crippen LogP contribution in [0.25, 0.3) is 0 Å². The number of hydrogen-bond acceptors (Lipinski definition) is 2. The zero-order valence-electron chi connectivity index (χ0n) is 13.3. The van der Waals surface area contributed by atoms with E-state index in [2.05, 4.69) is 17.4 Å². The van der Waals surface area contributed by atoms with Gasteiger partial charge in [0.2, 0.25) is 0 Å². The van der Waals surface area contributed by atoms with Gasteiger partial charge in [-0.15, -0.1) is 12.4 Å². The first-order valence-corrected chi connectivity index (χ1v) is 8.49. The Morgan fingerprint density at radius 3 is 2.79 bits per heavy atom. The van der Waals surface area contributed by atoms with Crippen molar-refractivity contribution in [1.82, 2.24) is 10.2 Å². The first-order chi connectivity index (χ1) is 11.2. The van der Waals surface area contributed by atoms with Crippen molar-refractivity contribution in [3.63, 3.8) is 0 Å². The third kappa shape index (κ3) is 3.16. The molecule has 1 saturated heterocycles. The molecule has 1 N–H and O–H groups in total. The van der Waals surface area contributed by atoms with E-state index >= 15 is 0 Å². The quantitative estimate of drug-likeness (QED) is 0.861. The SMILES string of the molecule is Cl.O=C(c1ccc2c(c1)CNC2)N1CCCC1c1cccc(Cl)c1. The average Bonchev–Trinajstić information content (AvgIpc) is 3.22. The molecule has 2 aromatic carbocycles. The summed E-state index contributed by atoms with van der Waals surface area (Å²) in [7, 11) is 0. The molecule has 1 unspecified atom stereocenters. The number of halogens is 2. The van der Waals surface area contributed by atoms with E-state index in [0.717, 1.165) is 48.6 Å². The van der Waals surface area contributed by atoms with Crippen LogP contribution in [0.5, 0.6) is 0 Å². The molecule has 0 saturated carbocycles. The third-order valence-corrected chi connectivity index (χ3v) is 5.07. The highest BCUT2D eigenvalue weighted by atomic mass is 35.5. The number of nitrogens with one attached hydrogen (secondary N) is 1. The largest absolute Gasteiger partial charge is 0.332 e. The lowest BCUT2D eigenvalue weighted by Gasteiger charge is -2.25. The lowest BCUT2D eigenvalue weighted by molar-refractivity contribution is 0.0735. The molecular formula is C19H20Cl2N2O. The fourth-order valence-electron chi connectivity index (χ4n) is 3.66. The first-order valence-electron chi connectivity index (χ1n) is 8.11. The number of rotatable bonds is 2. The smallest absolute Gasteiger partial charge is 0.254 e. The molecule has 4 rings (SSSR count). The Morgan fingerprint density at radius 1 is 1.12 bits per heavy atom. The molecule has 0 radical (unpaired) electrons. The van der Waals surface area contributed by atoms with Crippen LogP contribution in [0, 0.1) is 0 Å². The Balaban J connectivity index is 0.00000169. The molecule has 2 aliphatic heterocycles. The van der Waals surface area contributed by atoms with Crippen LogP contribution in [0.1, 0.15) is 45.9 Å². The van der Waals surface area contributed by atoms with Crippen molar-refractivity contribution >= 4 is 29.9 Å². The maximum Gasteiger partial charge on any atom is 0.254 e. The second kappa shape index (κ2) is 7.14. The van der Waals surface area contributed by atoms with E-state index in [1.807, 2.05) is 35.2 Å². The molecule has 24 heavy (non-hydrogen) atoms. The number of likely N-dealkylation sites (tertiary alicyclic amines) is 1. The van der Waals surface area contributed by atoms with E-state index in [-0.39, 0.29) is 24.4 Å². The van der Waals surface area contributed by atoms with E-state index in [4.69, 9.17) is 11.6 Å². The first kappa shape index (κ1) is 17.3. The van der Waals surface area contributed by atoms with Gasteiger partial charge in [-0.05, 0) is 53.8 Å². The number of benzene rings is 2. The summed E-state index contributed by atoms with van der Waals surface area (Å²) < 4.78 is 0. The van der Waals surface area contributed by atoms with Crippen LogP contribution >= 0.6 is 24.0 Å². The van der Waals surface area contributed by atoms with Gasteiger partial charge in [0.05, 0.1) is 6.04 Å². The van der Waals surface area contributed by atoms with Gasteiger partial charge in [-0.3, -0.25) is 4.79 Å². The highest BCUT2D eigenvalue weighted by molar-refractivity contribution is 6.30. The van der Waals surface area contributed by atoms with E-state index in [9.17, 15) is 4.79 Å². The molecule has 2 aliphatic rings. The van der Waals surface area contributed by atoms with Gasteiger partial charge in [-0.1, -0.05) is 29.8 Å². The Kier molecular flexibility index (Phi) is 5.14. The molecule has 3 nitrogen and oxygen atoms in total. The standard InChI is InChI=1S/C19H19ClN2O.ClH/c20-17-4-1-3-13(10-17)18-5-2-8-22(18)19(23)14-6-7-15-11-21-12-16(15)9-14;/h1,3-4,6-7,9-10,18,21H,2,5,8,11-12H2;1H. The molecular weight excluding hydrogens is 343 g/mol. The summed E-state index contributed by atoms with van der Waals surface area (Å²) in [5.41, 5.74) is 4.47. The number of hydrogen-bond donors (Lipinski definition) is 1. The van der Waals surface area contributed by atoms with Crippen molar-refractivity contribution < 1.29 is 4.79 Å². The summed E-state index contributed by atoms with van der Waals surface area (Å²) in [6.45, 7) is 2.57. The fourth-order valence-corrected chi connectivity index (χ4v) is 3.86. The molecule has 0 spiro atoms. The maximum atomic E-state index is 13.0. The lowest BCUT2D eigenvalue weighted by Crippen LogP contribution is -2.30. The molecule has 1 atom stereocenters. The highest BCUT2D eigenvalue weighted by Crippen LogP contribution is 2.34. The number of amides is 1. The summed E-state index contributed by atoms with van der Waals surface area (Å²) in [6.07, 6.45) is 2.04. The van der Waals surface area contributed by atoms with Crippen LogP contribution in [-0.2, 0) is 13.1 Å². The number of carbonyl (C=O) groups excluding carboxylic acids is 1. The van der Waals surface area contributed by atoms with Crippen LogP contribution in [0.2, 0.25) is 5.02 Å². The Labute approximate surface area is 153 Å². The summed E-state index contributed by atoms with van der Waals surface area (Å²) >= 11 is 6.12. The monoisotopic (exact) mass is 362 g/mol. The Hall–Kier alpha value is -1.55. The van der Waals surface area contributed by atoms with E-state index < -0.39 is 0 Å². The molecule has 0 aliphatic carbocycles. The molecule has 2 aromatic rings. The van der Waals surface area contributed by atoms with Crippen molar-refractivity contribution in [2.75, 3.05) is 6.54 Å². The van der Waals surface area contributed by atoms with Crippen LogP contribution in [0.15, 0.2) is 42.5 Å². The normalized spacial score (nSPS) is 19.0. The van der Waals surface area contributed by atoms with Gasteiger partial charge in [-0.25, -0.2) is 0 Å². The minimum absolute atomic E-state index is 0. The average molecular weight is 363 g/mol. The van der Waals surface area contributed by atoms with Crippen LogP contribution < -0.4 is 5.32 Å². The van der Waals surface area contributed by atoms with E-state index in [1.54, 1.807) is 0 Å². The number of nitrogens with zero attached hydrogens (tertiary/aromatic N) is 1. The van der Waals surface area contributed by atoms with Crippen molar-refractivity contribution in [2.45, 2.75) is 32.0 Å². The highest BCUT2D eigenvalue weighted by Gasteiger charge is 2.31. The second-order valence-electron chi connectivity index (χ2n) is 6.30. The van der Waals surface area contributed by atoms with Gasteiger partial charge >= 0.3 is 0 Å². The zero-order valence-corrected chi connectivity index (χ0v) is 14.9. The predicted molar refractivity (Wildman–Crippen MR) is 98.7 cm³/mol. The summed E-state index contributed by atoms with van der Waals surface area (Å²) in [4.78, 5) is 15.0. The van der Waals surface area contributed by atoms with Gasteiger partial charge in [0.25, 0.3) is 5.91 Å². The summed E-state index contributed by atoms with van der Waals surface area (Å²) in [5.74, 6) is 0.127. The number of fused-ring (bicyclic) bond motifs is 1. The van der Waals surface area contributed by atoms with Crippen LogP contribution in [0.4, 0.5) is 0 Å². The molecule has 0 bridgehead atoms. The van der Waals surface area contributed by atoms with Gasteiger partial charge in [-0.2, -0.15) is 0 Å². The minimum Gasteiger partial charge on any atom is -0.332 e. The fraction of sp³-hybridized carbons (Fsp3) is 0.316. The van der Waals surface area contributed by atoms with Crippen molar-refractivity contribution in [3.8, 4) is 0 Å².